The zero-order chi connectivity index (χ0) is 12.7. The smallest absolute Gasteiger partial charge is 0.313 e. The van der Waals surface area contributed by atoms with E-state index >= 15 is 0 Å². The summed E-state index contributed by atoms with van der Waals surface area (Å²) in [5, 5.41) is 4.93. The highest BCUT2D eigenvalue weighted by Crippen LogP contribution is 2.20. The molecule has 0 unspecified atom stereocenters. The van der Waals surface area contributed by atoms with Gasteiger partial charge in [0.1, 0.15) is 5.58 Å². The molecule has 0 saturated heterocycles. The number of furan rings is 1. The number of nitrogen functional groups attached to an aromatic ring is 1. The SMILES string of the molecule is Cc1nn(C(=O)c2cc3ccccc3o2)cc1N. The van der Waals surface area contributed by atoms with Gasteiger partial charge in [-0.05, 0) is 19.1 Å². The van der Waals surface area contributed by atoms with Gasteiger partial charge in [0.25, 0.3) is 0 Å². The first-order valence-corrected chi connectivity index (χ1v) is 5.50. The first-order chi connectivity index (χ1) is 8.65. The summed E-state index contributed by atoms with van der Waals surface area (Å²) in [7, 11) is 0. The average molecular weight is 241 g/mol. The molecule has 1 aromatic carbocycles. The first-order valence-electron chi connectivity index (χ1n) is 5.50. The normalized spacial score (nSPS) is 10.9. The van der Waals surface area contributed by atoms with Crippen LogP contribution >= 0.6 is 0 Å². The van der Waals surface area contributed by atoms with Gasteiger partial charge >= 0.3 is 5.91 Å². The highest BCUT2D eigenvalue weighted by molar-refractivity contribution is 5.97. The van der Waals surface area contributed by atoms with Crippen LogP contribution < -0.4 is 5.73 Å². The number of para-hydroxylation sites is 1. The van der Waals surface area contributed by atoms with Crippen LogP contribution in [0.25, 0.3) is 11.0 Å². The third-order valence-electron chi connectivity index (χ3n) is 2.78. The Balaban J connectivity index is 2.06. The fourth-order valence-corrected chi connectivity index (χ4v) is 1.78. The lowest BCUT2D eigenvalue weighted by Gasteiger charge is -1.94. The summed E-state index contributed by atoms with van der Waals surface area (Å²) < 4.78 is 6.68. The minimum atomic E-state index is -0.328. The Morgan fingerprint density at radius 3 is 2.83 bits per heavy atom. The van der Waals surface area contributed by atoms with Crippen LogP contribution in [-0.4, -0.2) is 15.7 Å². The van der Waals surface area contributed by atoms with Crippen molar-refractivity contribution in [1.82, 2.24) is 9.78 Å². The molecule has 0 spiro atoms. The molecule has 3 rings (SSSR count). The second kappa shape index (κ2) is 3.73. The molecule has 0 aliphatic heterocycles. The van der Waals surface area contributed by atoms with Crippen LogP contribution in [0.4, 0.5) is 5.69 Å². The van der Waals surface area contributed by atoms with Crippen LogP contribution in [0.3, 0.4) is 0 Å². The van der Waals surface area contributed by atoms with Crippen molar-refractivity contribution in [3.8, 4) is 0 Å². The molecule has 2 aromatic heterocycles. The predicted octanol–water partition coefficient (Wildman–Crippen LogP) is 2.21. The summed E-state index contributed by atoms with van der Waals surface area (Å²) in [4.78, 5) is 12.1. The van der Waals surface area contributed by atoms with Gasteiger partial charge in [-0.3, -0.25) is 4.79 Å². The van der Waals surface area contributed by atoms with Gasteiger partial charge in [-0.25, -0.2) is 0 Å². The van der Waals surface area contributed by atoms with E-state index in [0.717, 1.165) is 5.39 Å². The van der Waals surface area contributed by atoms with Crippen molar-refractivity contribution in [3.05, 3.63) is 48.0 Å². The van der Waals surface area contributed by atoms with E-state index in [9.17, 15) is 4.79 Å². The van der Waals surface area contributed by atoms with E-state index < -0.39 is 0 Å². The summed E-state index contributed by atoms with van der Waals surface area (Å²) >= 11 is 0. The third kappa shape index (κ3) is 1.57. The van der Waals surface area contributed by atoms with Gasteiger partial charge in [-0.2, -0.15) is 9.78 Å². The Kier molecular flexibility index (Phi) is 2.19. The van der Waals surface area contributed by atoms with Crippen LogP contribution in [0.1, 0.15) is 16.2 Å². The molecule has 0 aliphatic carbocycles. The van der Waals surface area contributed by atoms with Gasteiger partial charge in [0.05, 0.1) is 17.6 Å². The quantitative estimate of drug-likeness (QED) is 0.708. The van der Waals surface area contributed by atoms with Crippen LogP contribution in [0, 0.1) is 6.92 Å². The molecule has 5 nitrogen and oxygen atoms in total. The average Bonchev–Trinajstić information content (AvgIpc) is 2.93. The molecule has 5 heteroatoms. The molecule has 0 aliphatic rings. The minimum Gasteiger partial charge on any atom is -0.451 e. The molecule has 0 saturated carbocycles. The number of hydrogen-bond donors (Lipinski definition) is 1. The molecule has 2 heterocycles. The molecule has 0 radical (unpaired) electrons. The van der Waals surface area contributed by atoms with Gasteiger partial charge in [-0.15, -0.1) is 0 Å². The third-order valence-corrected chi connectivity index (χ3v) is 2.78. The molecule has 90 valence electrons. The number of hydrogen-bond acceptors (Lipinski definition) is 4. The summed E-state index contributed by atoms with van der Waals surface area (Å²) in [5.41, 5.74) is 7.45. The zero-order valence-corrected chi connectivity index (χ0v) is 9.75. The van der Waals surface area contributed by atoms with E-state index in [-0.39, 0.29) is 11.7 Å². The second-order valence-corrected chi connectivity index (χ2v) is 4.07. The molecule has 0 fully saturated rings. The number of anilines is 1. The van der Waals surface area contributed by atoms with Crippen LogP contribution in [0.5, 0.6) is 0 Å². The lowest BCUT2D eigenvalue weighted by molar-refractivity contribution is 0.0919. The topological polar surface area (TPSA) is 74.0 Å². The number of fused-ring (bicyclic) bond motifs is 1. The number of nitrogens with zero attached hydrogens (tertiary/aromatic N) is 2. The number of benzene rings is 1. The fourth-order valence-electron chi connectivity index (χ4n) is 1.78. The lowest BCUT2D eigenvalue weighted by atomic mass is 10.2. The van der Waals surface area contributed by atoms with E-state index in [0.29, 0.717) is 17.0 Å². The molecule has 0 amide bonds. The highest BCUT2D eigenvalue weighted by atomic mass is 16.3. The van der Waals surface area contributed by atoms with E-state index in [1.807, 2.05) is 24.3 Å². The standard InChI is InChI=1S/C13H11N3O2/c1-8-10(14)7-16(15-8)13(17)12-6-9-4-2-3-5-11(9)18-12/h2-7H,14H2,1H3. The molecule has 0 bridgehead atoms. The van der Waals surface area contributed by atoms with Crippen LogP contribution in [0.15, 0.2) is 40.9 Å². The second-order valence-electron chi connectivity index (χ2n) is 4.07. The highest BCUT2D eigenvalue weighted by Gasteiger charge is 2.16. The fraction of sp³-hybridized carbons (Fsp3) is 0.0769. The largest absolute Gasteiger partial charge is 0.451 e. The van der Waals surface area contributed by atoms with Gasteiger partial charge in [0.15, 0.2) is 5.76 Å². The zero-order valence-electron chi connectivity index (χ0n) is 9.75. The Morgan fingerprint density at radius 2 is 2.17 bits per heavy atom. The number of carbonyl (C=O) groups excluding carboxylic acids is 1. The molecular formula is C13H11N3O2. The van der Waals surface area contributed by atoms with Crippen molar-refractivity contribution in [1.29, 1.82) is 0 Å². The number of carbonyl (C=O) groups is 1. The predicted molar refractivity (Wildman–Crippen MR) is 67.3 cm³/mol. The Bertz CT molecular complexity index is 687. The number of aromatic nitrogens is 2. The maximum atomic E-state index is 12.1. The lowest BCUT2D eigenvalue weighted by Crippen LogP contribution is -2.11. The van der Waals surface area contributed by atoms with Crippen LogP contribution in [0.2, 0.25) is 0 Å². The molecule has 2 N–H and O–H groups in total. The van der Waals surface area contributed by atoms with Gasteiger partial charge < -0.3 is 10.2 Å². The molecule has 18 heavy (non-hydrogen) atoms. The van der Waals surface area contributed by atoms with Gasteiger partial charge in [0, 0.05) is 5.39 Å². The van der Waals surface area contributed by atoms with Crippen LogP contribution in [-0.2, 0) is 0 Å². The Hall–Kier alpha value is -2.56. The summed E-state index contributed by atoms with van der Waals surface area (Å²) in [6, 6.07) is 9.15. The summed E-state index contributed by atoms with van der Waals surface area (Å²) in [6.45, 7) is 1.75. The van der Waals surface area contributed by atoms with Crippen molar-refractivity contribution in [2.75, 3.05) is 5.73 Å². The molecule has 0 atom stereocenters. The Morgan fingerprint density at radius 1 is 1.39 bits per heavy atom. The monoisotopic (exact) mass is 241 g/mol. The first kappa shape index (κ1) is 10.6. The molecule has 3 aromatic rings. The summed E-state index contributed by atoms with van der Waals surface area (Å²) in [5.74, 6) is -0.0790. The number of aryl methyl sites for hydroxylation is 1. The summed E-state index contributed by atoms with van der Waals surface area (Å²) in [6.07, 6.45) is 1.49. The Labute approximate surface area is 103 Å². The number of nitrogens with two attached hydrogens (primary N) is 1. The van der Waals surface area contributed by atoms with E-state index in [1.54, 1.807) is 13.0 Å². The maximum absolute atomic E-state index is 12.1. The van der Waals surface area contributed by atoms with Gasteiger partial charge in [-0.1, -0.05) is 18.2 Å². The van der Waals surface area contributed by atoms with E-state index in [4.69, 9.17) is 10.2 Å². The minimum absolute atomic E-state index is 0.249. The van der Waals surface area contributed by atoms with Crippen molar-refractivity contribution < 1.29 is 9.21 Å². The van der Waals surface area contributed by atoms with Gasteiger partial charge in [0.2, 0.25) is 0 Å². The van der Waals surface area contributed by atoms with E-state index in [2.05, 4.69) is 5.10 Å². The van der Waals surface area contributed by atoms with Crippen molar-refractivity contribution in [2.45, 2.75) is 6.92 Å². The molecular weight excluding hydrogens is 230 g/mol. The van der Waals surface area contributed by atoms with Crippen molar-refractivity contribution in [3.63, 3.8) is 0 Å². The number of rotatable bonds is 1. The maximum Gasteiger partial charge on any atom is 0.313 e. The van der Waals surface area contributed by atoms with Crippen molar-refractivity contribution >= 4 is 22.6 Å². The van der Waals surface area contributed by atoms with Crippen molar-refractivity contribution in [2.24, 2.45) is 0 Å². The van der Waals surface area contributed by atoms with E-state index in [1.165, 1.54) is 10.9 Å².